The molecule has 1 unspecified atom stereocenters. The fraction of sp³-hybridized carbons (Fsp3) is 0.500. The van der Waals surface area contributed by atoms with Crippen molar-refractivity contribution in [2.45, 2.75) is 23.6 Å². The molecule has 1 aliphatic carbocycles. The van der Waals surface area contributed by atoms with Crippen molar-refractivity contribution in [2.24, 2.45) is 5.92 Å². The van der Waals surface area contributed by atoms with E-state index in [9.17, 15) is 0 Å². The fourth-order valence-electron chi connectivity index (χ4n) is 1.14. The van der Waals surface area contributed by atoms with Crippen LogP contribution in [0.15, 0.2) is 24.4 Å². The van der Waals surface area contributed by atoms with Crippen LogP contribution in [0, 0.1) is 5.92 Å². The first-order chi connectivity index (χ1) is 6.36. The van der Waals surface area contributed by atoms with Crippen molar-refractivity contribution < 1.29 is 4.74 Å². The van der Waals surface area contributed by atoms with Gasteiger partial charge in [0.1, 0.15) is 4.11 Å². The van der Waals surface area contributed by atoms with Gasteiger partial charge in [-0.3, -0.25) is 4.98 Å². The molecular weight excluding hydrogens is 277 g/mol. The third-order valence-electron chi connectivity index (χ3n) is 2.11. The molecule has 1 aromatic heterocycles. The predicted molar refractivity (Wildman–Crippen MR) is 59.6 cm³/mol. The minimum absolute atomic E-state index is 0.375. The highest BCUT2D eigenvalue weighted by atomic mass is 127. The van der Waals surface area contributed by atoms with Crippen LogP contribution in [0.25, 0.3) is 0 Å². The van der Waals surface area contributed by atoms with Crippen molar-refractivity contribution in [3.8, 4) is 0 Å². The summed E-state index contributed by atoms with van der Waals surface area (Å²) in [6, 6.07) is 5.91. The van der Waals surface area contributed by atoms with E-state index in [1.54, 1.807) is 6.20 Å². The first kappa shape index (κ1) is 9.40. The molecule has 3 heteroatoms. The molecule has 2 nitrogen and oxygen atoms in total. The Kier molecular flexibility index (Phi) is 3.16. The summed E-state index contributed by atoms with van der Waals surface area (Å²) in [6.45, 7) is 0.644. The highest BCUT2D eigenvalue weighted by Crippen LogP contribution is 2.37. The number of hydrogen-bond acceptors (Lipinski definition) is 2. The van der Waals surface area contributed by atoms with Gasteiger partial charge < -0.3 is 4.74 Å². The molecule has 0 aromatic carbocycles. The van der Waals surface area contributed by atoms with E-state index < -0.39 is 0 Å². The molecule has 2 rings (SSSR count). The van der Waals surface area contributed by atoms with E-state index in [4.69, 9.17) is 4.74 Å². The van der Waals surface area contributed by atoms with Gasteiger partial charge in [0.05, 0.1) is 12.3 Å². The third-order valence-corrected chi connectivity index (χ3v) is 3.49. The van der Waals surface area contributed by atoms with E-state index in [0.717, 1.165) is 11.6 Å². The van der Waals surface area contributed by atoms with Crippen molar-refractivity contribution in [3.63, 3.8) is 0 Å². The lowest BCUT2D eigenvalue weighted by Gasteiger charge is -2.09. The number of nitrogens with zero attached hydrogens (tertiary/aromatic N) is 1. The van der Waals surface area contributed by atoms with Crippen LogP contribution in [-0.4, -0.2) is 9.09 Å². The zero-order chi connectivity index (χ0) is 9.10. The highest BCUT2D eigenvalue weighted by molar-refractivity contribution is 14.1. The summed E-state index contributed by atoms with van der Waals surface area (Å²) in [5.41, 5.74) is 1.02. The lowest BCUT2D eigenvalue weighted by molar-refractivity contribution is 0.0945. The van der Waals surface area contributed by atoms with Crippen molar-refractivity contribution in [1.82, 2.24) is 4.98 Å². The second-order valence-corrected chi connectivity index (χ2v) is 4.55. The van der Waals surface area contributed by atoms with Gasteiger partial charge in [-0.25, -0.2) is 0 Å². The smallest absolute Gasteiger partial charge is 0.112 e. The molecule has 1 atom stereocenters. The van der Waals surface area contributed by atoms with E-state index in [1.807, 2.05) is 18.2 Å². The van der Waals surface area contributed by atoms with Crippen molar-refractivity contribution in [2.75, 3.05) is 0 Å². The van der Waals surface area contributed by atoms with Crippen LogP contribution in [0.4, 0.5) is 0 Å². The van der Waals surface area contributed by atoms with Gasteiger partial charge in [-0.15, -0.1) is 0 Å². The maximum atomic E-state index is 5.68. The van der Waals surface area contributed by atoms with Crippen LogP contribution in [0.2, 0.25) is 0 Å². The lowest BCUT2D eigenvalue weighted by atomic mass is 10.4. The fourth-order valence-corrected chi connectivity index (χ4v) is 2.04. The Bertz CT molecular complexity index is 261. The minimum Gasteiger partial charge on any atom is -0.361 e. The molecular formula is C10H12INO. The molecule has 1 aliphatic rings. The second kappa shape index (κ2) is 4.37. The largest absolute Gasteiger partial charge is 0.361 e. The molecule has 0 aliphatic heterocycles. The summed E-state index contributed by atoms with van der Waals surface area (Å²) in [5.74, 6) is 0.796. The Morgan fingerprint density at radius 3 is 3.00 bits per heavy atom. The lowest BCUT2D eigenvalue weighted by Crippen LogP contribution is -2.06. The first-order valence-corrected chi connectivity index (χ1v) is 5.76. The summed E-state index contributed by atoms with van der Waals surface area (Å²) < 4.78 is 6.05. The molecule has 0 bridgehead atoms. The van der Waals surface area contributed by atoms with Crippen molar-refractivity contribution in [1.29, 1.82) is 0 Å². The molecule has 70 valence electrons. The van der Waals surface area contributed by atoms with Gasteiger partial charge in [-0.2, -0.15) is 0 Å². The van der Waals surface area contributed by atoms with Crippen LogP contribution >= 0.6 is 22.6 Å². The van der Waals surface area contributed by atoms with Gasteiger partial charge in [0.15, 0.2) is 0 Å². The third kappa shape index (κ3) is 2.91. The van der Waals surface area contributed by atoms with Crippen LogP contribution < -0.4 is 0 Å². The van der Waals surface area contributed by atoms with E-state index in [1.165, 1.54) is 12.8 Å². The van der Waals surface area contributed by atoms with Crippen LogP contribution in [0.3, 0.4) is 0 Å². The Morgan fingerprint density at radius 1 is 1.54 bits per heavy atom. The Hall–Kier alpha value is -0.160. The van der Waals surface area contributed by atoms with Crippen LogP contribution in [-0.2, 0) is 11.3 Å². The topological polar surface area (TPSA) is 22.1 Å². The van der Waals surface area contributed by atoms with Gasteiger partial charge in [-0.05, 0) is 30.9 Å². The van der Waals surface area contributed by atoms with E-state index in [-0.39, 0.29) is 0 Å². The molecule has 1 fully saturated rings. The molecule has 0 saturated heterocycles. The number of pyridine rings is 1. The van der Waals surface area contributed by atoms with E-state index >= 15 is 0 Å². The first-order valence-electron chi connectivity index (χ1n) is 4.52. The molecule has 0 amide bonds. The zero-order valence-electron chi connectivity index (χ0n) is 7.32. The van der Waals surface area contributed by atoms with Gasteiger partial charge in [0, 0.05) is 6.20 Å². The van der Waals surface area contributed by atoms with Crippen molar-refractivity contribution >= 4 is 22.6 Å². The van der Waals surface area contributed by atoms with Gasteiger partial charge in [0.25, 0.3) is 0 Å². The number of aromatic nitrogens is 1. The maximum Gasteiger partial charge on any atom is 0.112 e. The summed E-state index contributed by atoms with van der Waals surface area (Å²) in [7, 11) is 0. The zero-order valence-corrected chi connectivity index (χ0v) is 9.48. The normalized spacial score (nSPS) is 18.5. The molecule has 0 N–H and O–H groups in total. The number of hydrogen-bond donors (Lipinski definition) is 0. The Morgan fingerprint density at radius 2 is 2.38 bits per heavy atom. The average Bonchev–Trinajstić information content (AvgIpc) is 2.99. The molecule has 0 radical (unpaired) electrons. The Labute approximate surface area is 91.8 Å². The molecule has 1 saturated carbocycles. The summed E-state index contributed by atoms with van der Waals surface area (Å²) in [4.78, 5) is 4.20. The summed E-state index contributed by atoms with van der Waals surface area (Å²) >= 11 is 2.37. The highest BCUT2D eigenvalue weighted by Gasteiger charge is 2.29. The predicted octanol–water partition coefficient (Wildman–Crippen LogP) is 2.77. The summed E-state index contributed by atoms with van der Waals surface area (Å²) in [5, 5.41) is 0. The number of alkyl halides is 1. The number of rotatable bonds is 4. The van der Waals surface area contributed by atoms with Gasteiger partial charge >= 0.3 is 0 Å². The number of halogens is 1. The van der Waals surface area contributed by atoms with Crippen LogP contribution in [0.1, 0.15) is 18.5 Å². The van der Waals surface area contributed by atoms with E-state index in [2.05, 4.69) is 27.6 Å². The van der Waals surface area contributed by atoms with Gasteiger partial charge in [-0.1, -0.05) is 28.7 Å². The van der Waals surface area contributed by atoms with Gasteiger partial charge in [0.2, 0.25) is 0 Å². The van der Waals surface area contributed by atoms with Crippen LogP contribution in [0.5, 0.6) is 0 Å². The van der Waals surface area contributed by atoms with E-state index in [0.29, 0.717) is 10.7 Å². The molecule has 1 heterocycles. The Balaban J connectivity index is 1.78. The quantitative estimate of drug-likeness (QED) is 0.628. The maximum absolute atomic E-state index is 5.68. The second-order valence-electron chi connectivity index (χ2n) is 3.32. The molecule has 1 aromatic rings. The molecule has 0 spiro atoms. The number of ether oxygens (including phenoxy) is 1. The SMILES string of the molecule is IC(OCc1ccccn1)C1CC1. The molecule has 13 heavy (non-hydrogen) atoms. The standard InChI is InChI=1S/C10H12INO/c11-10(8-4-5-8)13-7-9-3-1-2-6-12-9/h1-3,6,8,10H,4-5,7H2. The summed E-state index contributed by atoms with van der Waals surface area (Å²) in [6.07, 6.45) is 4.46. The monoisotopic (exact) mass is 289 g/mol. The average molecular weight is 289 g/mol. The minimum atomic E-state index is 0.375. The van der Waals surface area contributed by atoms with Crippen molar-refractivity contribution in [3.05, 3.63) is 30.1 Å².